The summed E-state index contributed by atoms with van der Waals surface area (Å²) < 4.78 is 0. The van der Waals surface area contributed by atoms with Crippen molar-refractivity contribution < 1.29 is 0 Å². The standard InChI is InChI=1S/C27H28Cl2N2/c28-23-14-13-22(25(29)16-23)17-30-18-24-12-7-15-31(24)26(19-30)27(20-8-3-1-4-9-20)21-10-5-2-6-11-21/h1-6,8-11,13-14,16,24,26-27H,7,12,15,17-19H2. The summed E-state index contributed by atoms with van der Waals surface area (Å²) in [5.74, 6) is 0.353. The minimum atomic E-state index is 0.353. The SMILES string of the molecule is Clc1ccc(CN2CC3CCCN3C(C(c3ccccc3)c3ccccc3)C2)c(Cl)c1. The molecule has 2 unspecified atom stereocenters. The van der Waals surface area contributed by atoms with Crippen LogP contribution in [-0.2, 0) is 6.54 Å². The Kier molecular flexibility index (Phi) is 6.34. The second kappa shape index (κ2) is 9.34. The van der Waals surface area contributed by atoms with E-state index in [2.05, 4.69) is 76.5 Å². The van der Waals surface area contributed by atoms with Crippen LogP contribution in [0.15, 0.2) is 78.9 Å². The minimum Gasteiger partial charge on any atom is -0.296 e. The van der Waals surface area contributed by atoms with Crippen LogP contribution in [0.4, 0.5) is 0 Å². The Morgan fingerprint density at radius 1 is 0.839 bits per heavy atom. The van der Waals surface area contributed by atoms with Crippen molar-refractivity contribution in [2.24, 2.45) is 0 Å². The minimum absolute atomic E-state index is 0.353. The Balaban J connectivity index is 1.48. The lowest BCUT2D eigenvalue weighted by Crippen LogP contribution is -2.57. The zero-order valence-corrected chi connectivity index (χ0v) is 19.1. The number of fused-ring (bicyclic) bond motifs is 1. The van der Waals surface area contributed by atoms with E-state index in [1.807, 2.05) is 12.1 Å². The van der Waals surface area contributed by atoms with Gasteiger partial charge in [-0.1, -0.05) is 89.9 Å². The highest BCUT2D eigenvalue weighted by atomic mass is 35.5. The van der Waals surface area contributed by atoms with Gasteiger partial charge in [0.15, 0.2) is 0 Å². The average Bonchev–Trinajstić information content (AvgIpc) is 3.26. The molecule has 0 N–H and O–H groups in total. The zero-order chi connectivity index (χ0) is 21.2. The first kappa shape index (κ1) is 21.0. The fourth-order valence-corrected chi connectivity index (χ4v) is 5.98. The third kappa shape index (κ3) is 4.54. The first-order chi connectivity index (χ1) is 15.2. The quantitative estimate of drug-likeness (QED) is 0.439. The van der Waals surface area contributed by atoms with E-state index in [0.29, 0.717) is 23.0 Å². The molecule has 0 amide bonds. The molecule has 0 saturated carbocycles. The fraction of sp³-hybridized carbons (Fsp3) is 0.333. The monoisotopic (exact) mass is 450 g/mol. The van der Waals surface area contributed by atoms with Crippen molar-refractivity contribution in [1.29, 1.82) is 0 Å². The van der Waals surface area contributed by atoms with Crippen LogP contribution in [0.25, 0.3) is 0 Å². The summed E-state index contributed by atoms with van der Waals surface area (Å²) in [6.07, 6.45) is 2.56. The van der Waals surface area contributed by atoms with Gasteiger partial charge in [0.05, 0.1) is 0 Å². The summed E-state index contributed by atoms with van der Waals surface area (Å²) in [6.45, 7) is 4.20. The van der Waals surface area contributed by atoms with Gasteiger partial charge in [0.2, 0.25) is 0 Å². The molecular formula is C27H28Cl2N2. The molecule has 5 rings (SSSR count). The number of halogens is 2. The van der Waals surface area contributed by atoms with Crippen molar-refractivity contribution >= 4 is 23.2 Å². The molecule has 0 aliphatic carbocycles. The van der Waals surface area contributed by atoms with E-state index in [1.54, 1.807) is 0 Å². The molecule has 0 aromatic heterocycles. The molecule has 2 heterocycles. The first-order valence-corrected chi connectivity index (χ1v) is 12.0. The van der Waals surface area contributed by atoms with E-state index in [9.17, 15) is 0 Å². The predicted molar refractivity (Wildman–Crippen MR) is 130 cm³/mol. The van der Waals surface area contributed by atoms with E-state index < -0.39 is 0 Å². The highest BCUT2D eigenvalue weighted by molar-refractivity contribution is 6.35. The van der Waals surface area contributed by atoms with Crippen LogP contribution in [0.5, 0.6) is 0 Å². The van der Waals surface area contributed by atoms with Gasteiger partial charge in [-0.25, -0.2) is 0 Å². The molecule has 2 aliphatic rings. The van der Waals surface area contributed by atoms with Gasteiger partial charge in [-0.05, 0) is 48.2 Å². The lowest BCUT2D eigenvalue weighted by atomic mass is 9.82. The van der Waals surface area contributed by atoms with Crippen molar-refractivity contribution in [3.63, 3.8) is 0 Å². The summed E-state index contributed by atoms with van der Waals surface area (Å²) in [6, 6.07) is 29.0. The number of benzene rings is 3. The lowest BCUT2D eigenvalue weighted by molar-refractivity contribution is 0.0384. The molecule has 2 atom stereocenters. The predicted octanol–water partition coefficient (Wildman–Crippen LogP) is 6.47. The maximum absolute atomic E-state index is 6.53. The number of nitrogens with zero attached hydrogens (tertiary/aromatic N) is 2. The van der Waals surface area contributed by atoms with E-state index >= 15 is 0 Å². The van der Waals surface area contributed by atoms with Crippen LogP contribution >= 0.6 is 23.2 Å². The van der Waals surface area contributed by atoms with Gasteiger partial charge >= 0.3 is 0 Å². The molecule has 0 bridgehead atoms. The molecule has 0 spiro atoms. The highest BCUT2D eigenvalue weighted by Crippen LogP contribution is 2.38. The van der Waals surface area contributed by atoms with E-state index in [1.165, 1.54) is 30.5 Å². The van der Waals surface area contributed by atoms with Crippen LogP contribution in [0.3, 0.4) is 0 Å². The van der Waals surface area contributed by atoms with Crippen molar-refractivity contribution in [3.8, 4) is 0 Å². The van der Waals surface area contributed by atoms with E-state index in [-0.39, 0.29) is 0 Å². The van der Waals surface area contributed by atoms with Gasteiger partial charge in [-0.2, -0.15) is 0 Å². The largest absolute Gasteiger partial charge is 0.296 e. The third-order valence-electron chi connectivity index (χ3n) is 6.87. The molecule has 2 saturated heterocycles. The average molecular weight is 451 g/mol. The van der Waals surface area contributed by atoms with E-state index in [4.69, 9.17) is 23.2 Å². The molecule has 31 heavy (non-hydrogen) atoms. The van der Waals surface area contributed by atoms with Crippen LogP contribution < -0.4 is 0 Å². The molecule has 2 nitrogen and oxygen atoms in total. The Morgan fingerprint density at radius 2 is 1.52 bits per heavy atom. The molecular weight excluding hydrogens is 423 g/mol. The van der Waals surface area contributed by atoms with Gasteiger partial charge in [0, 0.05) is 47.7 Å². The summed E-state index contributed by atoms with van der Waals surface area (Å²) in [5, 5.41) is 1.46. The lowest BCUT2D eigenvalue weighted by Gasteiger charge is -2.47. The summed E-state index contributed by atoms with van der Waals surface area (Å²) in [4.78, 5) is 5.38. The van der Waals surface area contributed by atoms with Gasteiger partial charge in [-0.15, -0.1) is 0 Å². The second-order valence-corrected chi connectivity index (χ2v) is 9.67. The molecule has 2 aliphatic heterocycles. The normalized spacial score (nSPS) is 22.0. The van der Waals surface area contributed by atoms with Gasteiger partial charge in [0.25, 0.3) is 0 Å². The molecule has 2 fully saturated rings. The Bertz CT molecular complexity index is 969. The molecule has 4 heteroatoms. The van der Waals surface area contributed by atoms with Crippen LogP contribution in [-0.4, -0.2) is 41.5 Å². The maximum atomic E-state index is 6.53. The third-order valence-corrected chi connectivity index (χ3v) is 7.46. The number of hydrogen-bond acceptors (Lipinski definition) is 2. The van der Waals surface area contributed by atoms with Crippen molar-refractivity contribution in [3.05, 3.63) is 106 Å². The molecule has 3 aromatic carbocycles. The highest BCUT2D eigenvalue weighted by Gasteiger charge is 2.41. The second-order valence-electron chi connectivity index (χ2n) is 8.83. The summed E-state index contributed by atoms with van der Waals surface area (Å²) in [7, 11) is 0. The molecule has 0 radical (unpaired) electrons. The Labute approximate surface area is 195 Å². The summed E-state index contributed by atoms with van der Waals surface area (Å²) >= 11 is 12.7. The smallest absolute Gasteiger partial charge is 0.0465 e. The van der Waals surface area contributed by atoms with Crippen LogP contribution in [0, 0.1) is 0 Å². The maximum Gasteiger partial charge on any atom is 0.0465 e. The molecule has 160 valence electrons. The first-order valence-electron chi connectivity index (χ1n) is 11.2. The number of piperazine rings is 1. The summed E-state index contributed by atoms with van der Waals surface area (Å²) in [5.41, 5.74) is 3.96. The topological polar surface area (TPSA) is 6.48 Å². The van der Waals surface area contributed by atoms with Gasteiger partial charge in [-0.3, -0.25) is 9.80 Å². The van der Waals surface area contributed by atoms with Crippen LogP contribution in [0.1, 0.15) is 35.4 Å². The Hall–Kier alpha value is -1.84. The van der Waals surface area contributed by atoms with Gasteiger partial charge < -0.3 is 0 Å². The molecule has 3 aromatic rings. The van der Waals surface area contributed by atoms with Gasteiger partial charge in [0.1, 0.15) is 0 Å². The fourth-order valence-electron chi connectivity index (χ4n) is 5.51. The number of rotatable bonds is 5. The zero-order valence-electron chi connectivity index (χ0n) is 17.6. The van der Waals surface area contributed by atoms with Crippen LogP contribution in [0.2, 0.25) is 10.0 Å². The number of hydrogen-bond donors (Lipinski definition) is 0. The van der Waals surface area contributed by atoms with Crippen molar-refractivity contribution in [2.45, 2.75) is 37.4 Å². The van der Waals surface area contributed by atoms with Crippen molar-refractivity contribution in [2.75, 3.05) is 19.6 Å². The Morgan fingerprint density at radius 3 is 2.16 bits per heavy atom. The van der Waals surface area contributed by atoms with Crippen molar-refractivity contribution in [1.82, 2.24) is 9.80 Å². The van der Waals surface area contributed by atoms with E-state index in [0.717, 1.165) is 30.2 Å².